The summed E-state index contributed by atoms with van der Waals surface area (Å²) in [6.07, 6.45) is 2.26. The van der Waals surface area contributed by atoms with Crippen LogP contribution in [-0.4, -0.2) is 55.4 Å². The van der Waals surface area contributed by atoms with Gasteiger partial charge in [0.1, 0.15) is 0 Å². The van der Waals surface area contributed by atoms with Crippen molar-refractivity contribution in [3.05, 3.63) is 0 Å². The molecule has 2 fully saturated rings. The molecular formula is C11H19N3O3S. The Morgan fingerprint density at radius 3 is 2.78 bits per heavy atom. The fraction of sp³-hybridized carbons (Fsp3) is 0.909. The molecule has 0 aromatic heterocycles. The van der Waals surface area contributed by atoms with Gasteiger partial charge in [0.15, 0.2) is 6.10 Å². The second kappa shape index (κ2) is 5.53. The van der Waals surface area contributed by atoms with Crippen molar-refractivity contribution in [2.75, 3.05) is 26.2 Å². The predicted molar refractivity (Wildman–Crippen MR) is 65.9 cm³/mol. The van der Waals surface area contributed by atoms with Gasteiger partial charge in [-0.3, -0.25) is 0 Å². The number of rotatable bonds is 2. The summed E-state index contributed by atoms with van der Waals surface area (Å²) in [6.45, 7) is 3.29. The van der Waals surface area contributed by atoms with E-state index in [4.69, 9.17) is 10.00 Å². The fourth-order valence-corrected chi connectivity index (χ4v) is 4.32. The Labute approximate surface area is 108 Å². The van der Waals surface area contributed by atoms with Crippen molar-refractivity contribution in [3.63, 3.8) is 0 Å². The third-order valence-corrected chi connectivity index (χ3v) is 5.66. The Morgan fingerprint density at radius 1 is 1.33 bits per heavy atom. The first-order chi connectivity index (χ1) is 8.55. The van der Waals surface area contributed by atoms with Crippen LogP contribution in [0, 0.1) is 11.3 Å². The summed E-state index contributed by atoms with van der Waals surface area (Å²) in [5.74, 6) is 0. The summed E-state index contributed by atoms with van der Waals surface area (Å²) in [5.41, 5.74) is 0. The summed E-state index contributed by atoms with van der Waals surface area (Å²) in [4.78, 5) is 0. The lowest BCUT2D eigenvalue weighted by atomic mass is 10.1. The Bertz CT molecular complexity index is 431. The smallest absolute Gasteiger partial charge is 0.282 e. The Kier molecular flexibility index (Phi) is 4.22. The fourth-order valence-electron chi connectivity index (χ4n) is 2.48. The first-order valence-electron chi connectivity index (χ1n) is 6.34. The van der Waals surface area contributed by atoms with Crippen LogP contribution in [0.1, 0.15) is 26.2 Å². The van der Waals surface area contributed by atoms with Crippen molar-refractivity contribution in [3.8, 4) is 6.07 Å². The number of nitriles is 1. The third-order valence-electron chi connectivity index (χ3n) is 3.54. The number of morpholine rings is 1. The average molecular weight is 273 g/mol. The molecule has 0 aromatic carbocycles. The Hall–Kier alpha value is -0.680. The second-order valence-electron chi connectivity index (χ2n) is 4.81. The molecule has 102 valence electrons. The maximum absolute atomic E-state index is 12.5. The molecule has 2 heterocycles. The highest BCUT2D eigenvalue weighted by atomic mass is 32.2. The van der Waals surface area contributed by atoms with Crippen LogP contribution in [0.5, 0.6) is 0 Å². The molecule has 6 nitrogen and oxygen atoms in total. The highest BCUT2D eigenvalue weighted by Gasteiger charge is 2.37. The highest BCUT2D eigenvalue weighted by molar-refractivity contribution is 7.86. The minimum Gasteiger partial charge on any atom is -0.361 e. The molecule has 0 N–H and O–H groups in total. The summed E-state index contributed by atoms with van der Waals surface area (Å²) in [6, 6.07) is 2.02. The van der Waals surface area contributed by atoms with Crippen LogP contribution in [0.3, 0.4) is 0 Å². The van der Waals surface area contributed by atoms with Crippen LogP contribution in [0.2, 0.25) is 0 Å². The maximum Gasteiger partial charge on any atom is 0.282 e. The molecular weight excluding hydrogens is 254 g/mol. The van der Waals surface area contributed by atoms with E-state index < -0.39 is 16.3 Å². The molecule has 2 aliphatic heterocycles. The molecule has 0 bridgehead atoms. The van der Waals surface area contributed by atoms with Crippen molar-refractivity contribution in [2.24, 2.45) is 0 Å². The van der Waals surface area contributed by atoms with Gasteiger partial charge in [-0.1, -0.05) is 6.42 Å². The van der Waals surface area contributed by atoms with E-state index in [-0.39, 0.29) is 12.6 Å². The van der Waals surface area contributed by atoms with Gasteiger partial charge in [0.05, 0.1) is 19.2 Å². The van der Waals surface area contributed by atoms with E-state index in [0.717, 1.165) is 19.3 Å². The van der Waals surface area contributed by atoms with E-state index in [1.165, 1.54) is 4.31 Å². The van der Waals surface area contributed by atoms with Gasteiger partial charge in [-0.15, -0.1) is 0 Å². The number of ether oxygens (including phenoxy) is 1. The average Bonchev–Trinajstić information content (AvgIpc) is 2.39. The molecule has 0 amide bonds. The van der Waals surface area contributed by atoms with E-state index in [1.54, 1.807) is 4.31 Å². The van der Waals surface area contributed by atoms with Crippen LogP contribution >= 0.6 is 0 Å². The van der Waals surface area contributed by atoms with Crippen LogP contribution in [0.15, 0.2) is 0 Å². The van der Waals surface area contributed by atoms with Crippen LogP contribution in [0.25, 0.3) is 0 Å². The maximum atomic E-state index is 12.5. The number of hydrogen-bond donors (Lipinski definition) is 0. The molecule has 2 unspecified atom stereocenters. The summed E-state index contributed by atoms with van der Waals surface area (Å²) >= 11 is 0. The predicted octanol–water partition coefficient (Wildman–Crippen LogP) is 0.330. The molecule has 0 aliphatic carbocycles. The van der Waals surface area contributed by atoms with E-state index in [9.17, 15) is 8.42 Å². The lowest BCUT2D eigenvalue weighted by Crippen LogP contribution is -2.54. The Morgan fingerprint density at radius 2 is 2.11 bits per heavy atom. The lowest BCUT2D eigenvalue weighted by Gasteiger charge is -2.38. The molecule has 2 aliphatic rings. The second-order valence-corrected chi connectivity index (χ2v) is 6.69. The molecule has 0 aromatic rings. The van der Waals surface area contributed by atoms with Crippen LogP contribution in [-0.2, 0) is 14.9 Å². The molecule has 18 heavy (non-hydrogen) atoms. The van der Waals surface area contributed by atoms with E-state index in [0.29, 0.717) is 19.7 Å². The molecule has 0 saturated carbocycles. The van der Waals surface area contributed by atoms with Crippen LogP contribution in [0.4, 0.5) is 0 Å². The van der Waals surface area contributed by atoms with Gasteiger partial charge < -0.3 is 4.74 Å². The molecule has 7 heteroatoms. The van der Waals surface area contributed by atoms with Crippen molar-refractivity contribution in [1.29, 1.82) is 5.26 Å². The van der Waals surface area contributed by atoms with Gasteiger partial charge in [-0.05, 0) is 19.8 Å². The quantitative estimate of drug-likeness (QED) is 0.726. The summed E-state index contributed by atoms with van der Waals surface area (Å²) in [5, 5.41) is 8.83. The van der Waals surface area contributed by atoms with Crippen molar-refractivity contribution in [1.82, 2.24) is 8.61 Å². The molecule has 0 spiro atoms. The van der Waals surface area contributed by atoms with E-state index in [1.807, 2.05) is 13.0 Å². The molecule has 2 saturated heterocycles. The number of piperidine rings is 1. The van der Waals surface area contributed by atoms with Gasteiger partial charge in [0.25, 0.3) is 10.2 Å². The van der Waals surface area contributed by atoms with Gasteiger partial charge in [0, 0.05) is 19.1 Å². The minimum atomic E-state index is -3.44. The molecule has 0 radical (unpaired) electrons. The van der Waals surface area contributed by atoms with Gasteiger partial charge in [-0.25, -0.2) is 0 Å². The normalized spacial score (nSPS) is 32.0. The van der Waals surface area contributed by atoms with Crippen LogP contribution < -0.4 is 0 Å². The lowest BCUT2D eigenvalue weighted by molar-refractivity contribution is 0.0279. The van der Waals surface area contributed by atoms with Gasteiger partial charge in [0.2, 0.25) is 0 Å². The number of hydrogen-bond acceptors (Lipinski definition) is 4. The summed E-state index contributed by atoms with van der Waals surface area (Å²) in [7, 11) is -3.44. The van der Waals surface area contributed by atoms with Crippen molar-refractivity contribution < 1.29 is 13.2 Å². The highest BCUT2D eigenvalue weighted by Crippen LogP contribution is 2.23. The monoisotopic (exact) mass is 273 g/mol. The topological polar surface area (TPSA) is 73.6 Å². The third kappa shape index (κ3) is 2.67. The van der Waals surface area contributed by atoms with E-state index in [2.05, 4.69) is 0 Å². The summed E-state index contributed by atoms with van der Waals surface area (Å²) < 4.78 is 33.1. The minimum absolute atomic E-state index is 0.0483. The van der Waals surface area contributed by atoms with Crippen molar-refractivity contribution in [2.45, 2.75) is 38.3 Å². The first kappa shape index (κ1) is 13.7. The SMILES string of the molecule is CC1CCCCN1S(=O)(=O)N1CCOC(C#N)C1. The van der Waals surface area contributed by atoms with Crippen molar-refractivity contribution >= 4 is 10.2 Å². The van der Waals surface area contributed by atoms with Gasteiger partial charge in [-0.2, -0.15) is 22.3 Å². The largest absolute Gasteiger partial charge is 0.361 e. The zero-order valence-electron chi connectivity index (χ0n) is 10.6. The number of nitrogens with zero attached hydrogens (tertiary/aromatic N) is 3. The zero-order chi connectivity index (χ0) is 13.2. The van der Waals surface area contributed by atoms with E-state index >= 15 is 0 Å². The first-order valence-corrected chi connectivity index (χ1v) is 7.73. The molecule has 2 atom stereocenters. The molecule has 2 rings (SSSR count). The zero-order valence-corrected chi connectivity index (χ0v) is 11.4. The van der Waals surface area contributed by atoms with Gasteiger partial charge >= 0.3 is 0 Å². The Balaban J connectivity index is 2.12. The standard InChI is InChI=1S/C11H19N3O3S/c1-10-4-2-3-5-14(10)18(15,16)13-6-7-17-11(8-12)9-13/h10-11H,2-7,9H2,1H3.